The maximum absolute atomic E-state index is 12.1. The summed E-state index contributed by atoms with van der Waals surface area (Å²) in [4.78, 5) is 24.9. The van der Waals surface area contributed by atoms with Gasteiger partial charge in [-0.2, -0.15) is 0 Å². The minimum Gasteiger partial charge on any atom is -0.462 e. The molecular formula is C24H42N6O6Si. The summed E-state index contributed by atoms with van der Waals surface area (Å²) in [6.45, 7) is 14.4. The second-order valence-electron chi connectivity index (χ2n) is 11.4. The predicted molar refractivity (Wildman–Crippen MR) is 141 cm³/mol. The zero-order valence-electron chi connectivity index (χ0n) is 22.9. The highest BCUT2D eigenvalue weighted by Gasteiger charge is 2.46. The number of hydrogen-bond acceptors (Lipinski definition) is 11. The second kappa shape index (κ2) is 11.7. The van der Waals surface area contributed by atoms with Crippen LogP contribution in [0.5, 0.6) is 0 Å². The number of nitrogens with zero attached hydrogens (tertiary/aromatic N) is 4. The summed E-state index contributed by atoms with van der Waals surface area (Å²) in [6.07, 6.45) is 1.78. The Balaban J connectivity index is 1.73. The highest BCUT2D eigenvalue weighted by molar-refractivity contribution is 6.74. The van der Waals surface area contributed by atoms with E-state index in [1.54, 1.807) is 6.33 Å². The fourth-order valence-corrected chi connectivity index (χ4v) is 5.05. The lowest BCUT2D eigenvalue weighted by molar-refractivity contribution is -0.153. The number of carbonyl (C=O) groups excluding carboxylic acids is 1. The Morgan fingerprint density at radius 2 is 2.00 bits per heavy atom. The Bertz CT molecular complexity index is 1060. The fraction of sp³-hybridized carbons (Fsp3) is 0.750. The van der Waals surface area contributed by atoms with E-state index >= 15 is 0 Å². The molecular weight excluding hydrogens is 496 g/mol. The number of rotatable bonds is 11. The number of imidazole rings is 1. The summed E-state index contributed by atoms with van der Waals surface area (Å²) in [5.41, 5.74) is 12.9. The number of nitrogens with two attached hydrogens (primary N) is 2. The van der Waals surface area contributed by atoms with E-state index in [9.17, 15) is 9.90 Å². The third-order valence-electron chi connectivity index (χ3n) is 7.18. The van der Waals surface area contributed by atoms with Crippen molar-refractivity contribution in [1.29, 1.82) is 0 Å². The summed E-state index contributed by atoms with van der Waals surface area (Å²) in [7, 11) is -2.15. The van der Waals surface area contributed by atoms with E-state index in [2.05, 4.69) is 48.8 Å². The molecule has 0 spiro atoms. The van der Waals surface area contributed by atoms with Gasteiger partial charge < -0.3 is 35.2 Å². The fourth-order valence-electron chi connectivity index (χ4n) is 3.73. The average molecular weight is 539 g/mol. The van der Waals surface area contributed by atoms with E-state index < -0.39 is 32.7 Å². The number of carbonyl (C=O) groups is 1. The summed E-state index contributed by atoms with van der Waals surface area (Å²) in [6, 6.07) is -0.727. The molecule has 5 N–H and O–H groups in total. The molecule has 2 unspecified atom stereocenters. The molecule has 1 aliphatic heterocycles. The van der Waals surface area contributed by atoms with E-state index in [1.165, 1.54) is 6.33 Å². The molecule has 208 valence electrons. The average Bonchev–Trinajstić information content (AvgIpc) is 3.41. The molecule has 3 rings (SSSR count). The van der Waals surface area contributed by atoms with Crippen molar-refractivity contribution >= 4 is 31.3 Å². The number of aliphatic hydroxyl groups is 1. The third kappa shape index (κ3) is 6.83. The summed E-state index contributed by atoms with van der Waals surface area (Å²) in [5.74, 6) is -0.283. The van der Waals surface area contributed by atoms with Crippen LogP contribution in [-0.4, -0.2) is 83.1 Å². The molecule has 0 saturated carbocycles. The van der Waals surface area contributed by atoms with Gasteiger partial charge >= 0.3 is 5.97 Å². The van der Waals surface area contributed by atoms with Crippen molar-refractivity contribution in [3.05, 3.63) is 12.7 Å². The van der Waals surface area contributed by atoms with Gasteiger partial charge in [-0.25, -0.2) is 15.0 Å². The van der Waals surface area contributed by atoms with Crippen LogP contribution in [0, 0.1) is 5.92 Å². The monoisotopic (exact) mass is 538 g/mol. The number of nitrogen functional groups attached to an aromatic ring is 1. The molecule has 0 aliphatic carbocycles. The summed E-state index contributed by atoms with van der Waals surface area (Å²) >= 11 is 0. The Morgan fingerprint density at radius 1 is 1.30 bits per heavy atom. The zero-order chi connectivity index (χ0) is 27.5. The smallest absolute Gasteiger partial charge is 0.323 e. The Kier molecular flexibility index (Phi) is 9.30. The quantitative estimate of drug-likeness (QED) is 0.282. The van der Waals surface area contributed by atoms with Crippen LogP contribution in [0.3, 0.4) is 0 Å². The van der Waals surface area contributed by atoms with Crippen molar-refractivity contribution in [3.63, 3.8) is 0 Å². The van der Waals surface area contributed by atoms with Crippen LogP contribution in [0.4, 0.5) is 5.82 Å². The first kappa shape index (κ1) is 29.4. The van der Waals surface area contributed by atoms with Crippen LogP contribution in [0.25, 0.3) is 11.2 Å². The number of aromatic nitrogens is 4. The van der Waals surface area contributed by atoms with E-state index in [4.69, 9.17) is 30.1 Å². The van der Waals surface area contributed by atoms with E-state index in [0.29, 0.717) is 23.4 Å². The zero-order valence-corrected chi connectivity index (χ0v) is 23.9. The van der Waals surface area contributed by atoms with Gasteiger partial charge in [0.15, 0.2) is 26.0 Å². The number of fused-ring (bicyclic) bond motifs is 1. The molecule has 0 amide bonds. The molecule has 0 bridgehead atoms. The van der Waals surface area contributed by atoms with Gasteiger partial charge in [0.2, 0.25) is 0 Å². The summed E-state index contributed by atoms with van der Waals surface area (Å²) in [5, 5.41) is 9.75. The molecule has 2 aromatic heterocycles. The van der Waals surface area contributed by atoms with Crippen molar-refractivity contribution in [2.45, 2.75) is 89.8 Å². The molecule has 0 aromatic carbocycles. The Morgan fingerprint density at radius 3 is 2.62 bits per heavy atom. The van der Waals surface area contributed by atoms with Crippen molar-refractivity contribution < 1.29 is 28.5 Å². The molecule has 3 heterocycles. The lowest BCUT2D eigenvalue weighted by Gasteiger charge is -2.39. The highest BCUT2D eigenvalue weighted by atomic mass is 28.4. The Labute approximate surface area is 219 Å². The molecule has 13 heteroatoms. The second-order valence-corrected chi connectivity index (χ2v) is 16.2. The maximum atomic E-state index is 12.1. The first-order valence-corrected chi connectivity index (χ1v) is 15.6. The molecule has 2 aromatic rings. The van der Waals surface area contributed by atoms with Gasteiger partial charge in [0.1, 0.15) is 30.6 Å². The van der Waals surface area contributed by atoms with E-state index in [0.717, 1.165) is 0 Å². The molecule has 1 aliphatic rings. The van der Waals surface area contributed by atoms with Crippen molar-refractivity contribution in [2.75, 3.05) is 25.6 Å². The molecule has 37 heavy (non-hydrogen) atoms. The normalized spacial score (nSPS) is 22.5. The molecule has 1 fully saturated rings. The lowest BCUT2D eigenvalue weighted by Crippen LogP contribution is -2.45. The van der Waals surface area contributed by atoms with Crippen LogP contribution in [-0.2, 0) is 23.4 Å². The maximum Gasteiger partial charge on any atom is 0.323 e. The van der Waals surface area contributed by atoms with Crippen molar-refractivity contribution in [2.24, 2.45) is 11.7 Å². The van der Waals surface area contributed by atoms with Gasteiger partial charge in [-0.05, 0) is 24.1 Å². The predicted octanol–water partition coefficient (Wildman–Crippen LogP) is 1.99. The van der Waals surface area contributed by atoms with Gasteiger partial charge in [-0.3, -0.25) is 9.36 Å². The van der Waals surface area contributed by atoms with Crippen molar-refractivity contribution in [1.82, 2.24) is 19.5 Å². The molecule has 12 nitrogen and oxygen atoms in total. The standard InChI is InChI=1S/C24H42N6O6Si/c1-14(2)18(25)23(32)34-11-16(9-31)33-10-15-8-17(36-37(6,7)24(3,4)5)22(35-15)30-13-29-19-20(26)27-12-28-21(19)30/h12-18,22,31H,8-11,25H2,1-7H3,(H2,26,27,28)/t15-,16?,17-,18?,22+/m0/s1. The van der Waals surface area contributed by atoms with Crippen LogP contribution in [0.2, 0.25) is 18.1 Å². The van der Waals surface area contributed by atoms with Crippen LogP contribution in [0.1, 0.15) is 47.3 Å². The molecule has 0 radical (unpaired) electrons. The number of aliphatic hydroxyl groups excluding tert-OH is 1. The first-order valence-electron chi connectivity index (χ1n) is 12.7. The number of anilines is 1. The van der Waals surface area contributed by atoms with Crippen LogP contribution < -0.4 is 11.5 Å². The number of hydrogen-bond donors (Lipinski definition) is 3. The van der Waals surface area contributed by atoms with E-state index in [1.807, 2.05) is 18.4 Å². The van der Waals surface area contributed by atoms with Crippen LogP contribution in [0.15, 0.2) is 12.7 Å². The molecule has 5 atom stereocenters. The van der Waals surface area contributed by atoms with Gasteiger partial charge in [0, 0.05) is 6.42 Å². The minimum atomic E-state index is -2.15. The van der Waals surface area contributed by atoms with Gasteiger partial charge in [0.05, 0.1) is 31.7 Å². The topological polar surface area (TPSA) is 170 Å². The lowest BCUT2D eigenvalue weighted by atomic mass is 10.1. The number of ether oxygens (including phenoxy) is 3. The SMILES string of the molecule is CC(C)C(N)C(=O)OCC(CO)OC[C@@H]1C[C@H](O[Si](C)(C)C(C)(C)C)[C@H](n2cnc3c(N)ncnc32)O1. The Hall–Kier alpha value is -2.16. The van der Waals surface area contributed by atoms with Gasteiger partial charge in [-0.15, -0.1) is 0 Å². The van der Waals surface area contributed by atoms with Gasteiger partial charge in [0.25, 0.3) is 0 Å². The number of esters is 1. The highest BCUT2D eigenvalue weighted by Crippen LogP contribution is 2.42. The third-order valence-corrected chi connectivity index (χ3v) is 11.7. The minimum absolute atomic E-state index is 0.00155. The first-order chi connectivity index (χ1) is 17.2. The van der Waals surface area contributed by atoms with Gasteiger partial charge in [-0.1, -0.05) is 34.6 Å². The summed E-state index contributed by atoms with van der Waals surface area (Å²) < 4.78 is 26.1. The van der Waals surface area contributed by atoms with Crippen molar-refractivity contribution in [3.8, 4) is 0 Å². The largest absolute Gasteiger partial charge is 0.462 e. The molecule has 1 saturated heterocycles. The van der Waals surface area contributed by atoms with Crippen LogP contribution >= 0.6 is 0 Å². The van der Waals surface area contributed by atoms with E-state index in [-0.39, 0.29) is 43.0 Å².